The first-order valence-corrected chi connectivity index (χ1v) is 13.3. The zero-order valence-electron chi connectivity index (χ0n) is 22.2. The van der Waals surface area contributed by atoms with Crippen molar-refractivity contribution in [2.24, 2.45) is 0 Å². The normalized spacial score (nSPS) is 21.6. The SMILES string of the molecule is [C-]#[N+]C[C@H]1CN(c2nc(OC[C@@H]3CCCN3C)nc3c2CN(Cc2cc(O)ccc2F)C3)CCN1C(=O)C=C. The fourth-order valence-electron chi connectivity index (χ4n) is 5.72. The molecule has 206 valence electrons. The first-order valence-electron chi connectivity index (χ1n) is 13.3. The second-order valence-corrected chi connectivity index (χ2v) is 10.4. The van der Waals surface area contributed by atoms with Gasteiger partial charge in [-0.2, -0.15) is 9.97 Å². The molecule has 4 heterocycles. The lowest BCUT2D eigenvalue weighted by atomic mass is 10.1. The number of carbonyl (C=O) groups is 1. The molecule has 2 fully saturated rings. The van der Waals surface area contributed by atoms with E-state index in [4.69, 9.17) is 21.3 Å². The zero-order chi connectivity index (χ0) is 27.5. The number of aromatic nitrogens is 2. The minimum absolute atomic E-state index is 0.0222. The third-order valence-electron chi connectivity index (χ3n) is 7.85. The molecule has 0 bridgehead atoms. The Morgan fingerprint density at radius 3 is 2.87 bits per heavy atom. The van der Waals surface area contributed by atoms with E-state index in [9.17, 15) is 14.3 Å². The molecule has 11 heteroatoms. The van der Waals surface area contributed by atoms with E-state index in [2.05, 4.69) is 33.2 Å². The topological polar surface area (TPSA) is 89.6 Å². The summed E-state index contributed by atoms with van der Waals surface area (Å²) >= 11 is 0. The number of benzene rings is 1. The number of amides is 1. The Kier molecular flexibility index (Phi) is 7.95. The Hall–Kier alpha value is -3.75. The molecule has 2 atom stereocenters. The standard InChI is InChI=1S/C28H34FN7O3/c1-4-26(38)36-11-10-35(15-21(36)13-30-2)27-23-16-34(14-19-12-22(37)7-8-24(19)29)17-25(23)31-28(32-27)39-18-20-6-5-9-33(20)3/h4,7-8,12,20-21,37H,1,5-6,9-11,13-18H2,3H3/t20-,21-/m0/s1. The third-order valence-corrected chi connectivity index (χ3v) is 7.85. The fraction of sp³-hybridized carbons (Fsp3) is 0.500. The summed E-state index contributed by atoms with van der Waals surface area (Å²) in [4.78, 5) is 33.7. The van der Waals surface area contributed by atoms with E-state index in [1.54, 1.807) is 4.90 Å². The summed E-state index contributed by atoms with van der Waals surface area (Å²) in [6.07, 6.45) is 3.49. The van der Waals surface area contributed by atoms with Crippen LogP contribution in [0.25, 0.3) is 4.85 Å². The summed E-state index contributed by atoms with van der Waals surface area (Å²) in [5.74, 6) is 0.202. The molecule has 5 rings (SSSR count). The van der Waals surface area contributed by atoms with Crippen molar-refractivity contribution in [3.63, 3.8) is 0 Å². The highest BCUT2D eigenvalue weighted by molar-refractivity contribution is 5.87. The quantitative estimate of drug-likeness (QED) is 0.407. The molecule has 0 aliphatic carbocycles. The molecule has 1 N–H and O–H groups in total. The molecule has 1 aromatic heterocycles. The highest BCUT2D eigenvalue weighted by Crippen LogP contribution is 2.34. The van der Waals surface area contributed by atoms with Gasteiger partial charge in [0, 0.05) is 56.4 Å². The smallest absolute Gasteiger partial charge is 0.318 e. The molecule has 0 radical (unpaired) electrons. The summed E-state index contributed by atoms with van der Waals surface area (Å²) < 4.78 is 20.6. The Labute approximate surface area is 228 Å². The third kappa shape index (κ3) is 5.82. The minimum atomic E-state index is -0.371. The summed E-state index contributed by atoms with van der Waals surface area (Å²) in [6, 6.07) is 4.38. The molecule has 39 heavy (non-hydrogen) atoms. The lowest BCUT2D eigenvalue weighted by Gasteiger charge is -2.40. The number of aromatic hydroxyl groups is 1. The fourth-order valence-corrected chi connectivity index (χ4v) is 5.72. The van der Waals surface area contributed by atoms with Crippen LogP contribution in [0, 0.1) is 12.4 Å². The number of likely N-dealkylation sites (N-methyl/N-ethyl adjacent to an activating group) is 1. The van der Waals surface area contributed by atoms with Gasteiger partial charge in [-0.15, -0.1) is 0 Å². The maximum absolute atomic E-state index is 14.5. The Bertz CT molecular complexity index is 1280. The van der Waals surface area contributed by atoms with E-state index in [1.165, 1.54) is 24.3 Å². The van der Waals surface area contributed by atoms with Crippen molar-refractivity contribution in [1.82, 2.24) is 24.7 Å². The van der Waals surface area contributed by atoms with Gasteiger partial charge in [0.25, 0.3) is 0 Å². The van der Waals surface area contributed by atoms with Gasteiger partial charge in [0.15, 0.2) is 0 Å². The molecular weight excluding hydrogens is 501 g/mol. The van der Waals surface area contributed by atoms with Crippen LogP contribution >= 0.6 is 0 Å². The average Bonchev–Trinajstić information content (AvgIpc) is 3.53. The van der Waals surface area contributed by atoms with Crippen LogP contribution < -0.4 is 9.64 Å². The number of rotatable bonds is 8. The van der Waals surface area contributed by atoms with Gasteiger partial charge in [-0.1, -0.05) is 6.58 Å². The number of nitrogens with zero attached hydrogens (tertiary/aromatic N) is 7. The number of fused-ring (bicyclic) bond motifs is 1. The first-order chi connectivity index (χ1) is 18.9. The summed E-state index contributed by atoms with van der Waals surface area (Å²) in [7, 11) is 2.09. The van der Waals surface area contributed by atoms with Gasteiger partial charge in [-0.3, -0.25) is 9.69 Å². The highest BCUT2D eigenvalue weighted by Gasteiger charge is 2.35. The number of hydrogen-bond donors (Lipinski definition) is 1. The van der Waals surface area contributed by atoms with Crippen molar-refractivity contribution in [3.05, 3.63) is 64.9 Å². The van der Waals surface area contributed by atoms with Crippen LogP contribution in [0.1, 0.15) is 29.7 Å². The Morgan fingerprint density at radius 1 is 1.28 bits per heavy atom. The van der Waals surface area contributed by atoms with Crippen LogP contribution in [-0.4, -0.2) is 94.1 Å². The van der Waals surface area contributed by atoms with Gasteiger partial charge in [0.2, 0.25) is 12.5 Å². The summed E-state index contributed by atoms with van der Waals surface area (Å²) in [6.45, 7) is 15.5. The number of hydrogen-bond acceptors (Lipinski definition) is 8. The second kappa shape index (κ2) is 11.6. The predicted octanol–water partition coefficient (Wildman–Crippen LogP) is 2.43. The van der Waals surface area contributed by atoms with Crippen molar-refractivity contribution in [2.45, 2.75) is 44.6 Å². The average molecular weight is 536 g/mol. The molecule has 1 amide bonds. The minimum Gasteiger partial charge on any atom is -0.508 e. The number of phenols is 1. The molecule has 1 aromatic carbocycles. The molecule has 2 aromatic rings. The number of phenolic OH excluding ortho intramolecular Hbond substituents is 1. The lowest BCUT2D eigenvalue weighted by molar-refractivity contribution is -0.128. The van der Waals surface area contributed by atoms with Crippen LogP contribution in [0.2, 0.25) is 0 Å². The lowest BCUT2D eigenvalue weighted by Crippen LogP contribution is -2.56. The van der Waals surface area contributed by atoms with Crippen molar-refractivity contribution in [3.8, 4) is 11.8 Å². The largest absolute Gasteiger partial charge is 0.508 e. The van der Waals surface area contributed by atoms with Crippen LogP contribution in [0.5, 0.6) is 11.8 Å². The maximum Gasteiger partial charge on any atom is 0.318 e. The number of ether oxygens (including phenoxy) is 1. The summed E-state index contributed by atoms with van der Waals surface area (Å²) in [5.41, 5.74) is 2.17. The van der Waals surface area contributed by atoms with Crippen LogP contribution in [-0.2, 0) is 24.4 Å². The van der Waals surface area contributed by atoms with Gasteiger partial charge >= 0.3 is 6.01 Å². The maximum atomic E-state index is 14.5. The van der Waals surface area contributed by atoms with Gasteiger partial charge in [-0.25, -0.2) is 11.0 Å². The predicted molar refractivity (Wildman–Crippen MR) is 144 cm³/mol. The zero-order valence-corrected chi connectivity index (χ0v) is 22.2. The van der Waals surface area contributed by atoms with Crippen LogP contribution in [0.3, 0.4) is 0 Å². The van der Waals surface area contributed by atoms with Crippen molar-refractivity contribution < 1.29 is 19.0 Å². The molecule has 0 saturated carbocycles. The van der Waals surface area contributed by atoms with Gasteiger partial charge in [-0.05, 0) is 50.7 Å². The molecule has 3 aliphatic rings. The molecular formula is C28H34FN7O3. The van der Waals surface area contributed by atoms with E-state index in [-0.39, 0.29) is 30.1 Å². The molecule has 0 spiro atoms. The Balaban J connectivity index is 1.41. The molecule has 10 nitrogen and oxygen atoms in total. The van der Waals surface area contributed by atoms with Crippen molar-refractivity contribution in [2.75, 3.05) is 51.3 Å². The van der Waals surface area contributed by atoms with Gasteiger partial charge < -0.3 is 29.4 Å². The molecule has 0 unspecified atom stereocenters. The second-order valence-electron chi connectivity index (χ2n) is 10.4. The first kappa shape index (κ1) is 26.8. The number of carbonyl (C=O) groups excluding carboxylic acids is 1. The number of likely N-dealkylation sites (tertiary alicyclic amines) is 1. The number of anilines is 1. The van der Waals surface area contributed by atoms with E-state index in [0.29, 0.717) is 63.5 Å². The van der Waals surface area contributed by atoms with E-state index in [1.807, 2.05) is 0 Å². The molecule has 3 aliphatic heterocycles. The highest BCUT2D eigenvalue weighted by atomic mass is 19.1. The Morgan fingerprint density at radius 2 is 2.13 bits per heavy atom. The van der Waals surface area contributed by atoms with Gasteiger partial charge in [0.05, 0.1) is 5.69 Å². The van der Waals surface area contributed by atoms with Crippen LogP contribution in [0.15, 0.2) is 30.9 Å². The van der Waals surface area contributed by atoms with Crippen LogP contribution in [0.4, 0.5) is 10.2 Å². The number of piperazine rings is 1. The van der Waals surface area contributed by atoms with Crippen molar-refractivity contribution >= 4 is 11.7 Å². The van der Waals surface area contributed by atoms with Gasteiger partial charge in [0.1, 0.15) is 30.0 Å². The summed E-state index contributed by atoms with van der Waals surface area (Å²) in [5, 5.41) is 9.86. The van der Waals surface area contributed by atoms with E-state index >= 15 is 0 Å². The van der Waals surface area contributed by atoms with E-state index < -0.39 is 0 Å². The molecule has 2 saturated heterocycles. The van der Waals surface area contributed by atoms with E-state index in [0.717, 1.165) is 36.5 Å². The monoisotopic (exact) mass is 535 g/mol. The number of halogens is 1. The van der Waals surface area contributed by atoms with Crippen molar-refractivity contribution in [1.29, 1.82) is 0 Å².